The topological polar surface area (TPSA) is 90.9 Å². The summed E-state index contributed by atoms with van der Waals surface area (Å²) in [4.78, 5) is 39.8. The molecule has 3 rings (SSSR count). The molecule has 168 valence electrons. The van der Waals surface area contributed by atoms with Crippen molar-refractivity contribution in [2.75, 3.05) is 20.3 Å². The van der Waals surface area contributed by atoms with Crippen LogP contribution in [0.2, 0.25) is 0 Å². The third kappa shape index (κ3) is 4.75. The van der Waals surface area contributed by atoms with Crippen molar-refractivity contribution in [1.29, 1.82) is 0 Å². The van der Waals surface area contributed by atoms with Gasteiger partial charge in [0.1, 0.15) is 12.5 Å². The van der Waals surface area contributed by atoms with Crippen LogP contribution >= 0.6 is 11.3 Å². The van der Waals surface area contributed by atoms with E-state index in [1.165, 1.54) is 18.4 Å². The number of dihydropyridines is 1. The molecule has 0 aromatic carbocycles. The number of hydrogen-bond donors (Lipinski definition) is 1. The molecule has 0 radical (unpaired) electrons. The summed E-state index contributed by atoms with van der Waals surface area (Å²) in [7, 11) is 1.29. The Morgan fingerprint density at radius 1 is 1.29 bits per heavy atom. The molecule has 0 amide bonds. The van der Waals surface area contributed by atoms with E-state index < -0.39 is 23.8 Å². The van der Waals surface area contributed by atoms with Gasteiger partial charge in [-0.1, -0.05) is 13.0 Å². The van der Waals surface area contributed by atoms with E-state index in [4.69, 9.17) is 14.2 Å². The Labute approximate surface area is 186 Å². The highest BCUT2D eigenvalue weighted by Gasteiger charge is 2.47. The molecular formula is C23H29NO6S. The van der Waals surface area contributed by atoms with Gasteiger partial charge in [0.25, 0.3) is 0 Å². The largest absolute Gasteiger partial charge is 0.468 e. The van der Waals surface area contributed by atoms with E-state index in [0.717, 1.165) is 10.6 Å². The van der Waals surface area contributed by atoms with Gasteiger partial charge in [0.05, 0.1) is 31.3 Å². The molecule has 31 heavy (non-hydrogen) atoms. The van der Waals surface area contributed by atoms with Gasteiger partial charge in [-0.2, -0.15) is 0 Å². The molecule has 8 heteroatoms. The van der Waals surface area contributed by atoms with Crippen molar-refractivity contribution in [1.82, 2.24) is 5.32 Å². The van der Waals surface area contributed by atoms with Crippen LogP contribution in [0.15, 0.2) is 40.1 Å². The second-order valence-corrected chi connectivity index (χ2v) is 9.09. The highest BCUT2D eigenvalue weighted by molar-refractivity contribution is 7.10. The van der Waals surface area contributed by atoms with Crippen molar-refractivity contribution in [3.05, 3.63) is 44.9 Å². The molecule has 0 fully saturated rings. The van der Waals surface area contributed by atoms with Crippen LogP contribution in [0, 0.1) is 11.8 Å². The predicted octanol–water partition coefficient (Wildman–Crippen LogP) is 3.33. The molecule has 1 aromatic rings. The molecule has 1 aliphatic heterocycles. The smallest absolute Gasteiger partial charge is 0.336 e. The lowest BCUT2D eigenvalue weighted by Gasteiger charge is -2.37. The Morgan fingerprint density at radius 3 is 2.65 bits per heavy atom. The number of hydrogen-bond acceptors (Lipinski definition) is 8. The second kappa shape index (κ2) is 9.78. The molecule has 0 saturated heterocycles. The lowest BCUT2D eigenvalue weighted by Crippen LogP contribution is -2.43. The van der Waals surface area contributed by atoms with Crippen LogP contribution in [-0.2, 0) is 28.6 Å². The quantitative estimate of drug-likeness (QED) is 0.389. The van der Waals surface area contributed by atoms with E-state index >= 15 is 0 Å². The van der Waals surface area contributed by atoms with Crippen LogP contribution in [0.5, 0.6) is 0 Å². The summed E-state index contributed by atoms with van der Waals surface area (Å²) >= 11 is 1.46. The number of ketones is 1. The van der Waals surface area contributed by atoms with Gasteiger partial charge in [0.2, 0.25) is 0 Å². The molecule has 3 atom stereocenters. The first-order valence-electron chi connectivity index (χ1n) is 10.4. The number of esters is 2. The third-order valence-electron chi connectivity index (χ3n) is 5.56. The summed E-state index contributed by atoms with van der Waals surface area (Å²) in [5.41, 5.74) is 2.25. The van der Waals surface area contributed by atoms with Crippen molar-refractivity contribution >= 4 is 29.1 Å². The standard InChI is InChI=1S/C23H29NO6S/c1-12(2)29-8-9-30-23(27)18-14(4)24-15-11-13(3)17(22(26)28-5)21(25)19(15)20(18)16-7-6-10-31-16/h6-7,10,12-13,17,20,24H,8-9,11H2,1-5H3. The van der Waals surface area contributed by atoms with Gasteiger partial charge in [0.15, 0.2) is 5.78 Å². The van der Waals surface area contributed by atoms with Crippen LogP contribution < -0.4 is 5.32 Å². The minimum absolute atomic E-state index is 0.0414. The summed E-state index contributed by atoms with van der Waals surface area (Å²) in [6.45, 7) is 7.91. The highest BCUT2D eigenvalue weighted by Crippen LogP contribution is 2.46. The molecule has 1 aromatic heterocycles. The van der Waals surface area contributed by atoms with Crippen LogP contribution in [0.25, 0.3) is 0 Å². The van der Waals surface area contributed by atoms with Gasteiger partial charge in [-0.05, 0) is 44.6 Å². The Bertz CT molecular complexity index is 915. The molecule has 1 N–H and O–H groups in total. The number of allylic oxidation sites excluding steroid dienone is 3. The molecule has 0 bridgehead atoms. The third-order valence-corrected chi connectivity index (χ3v) is 6.50. The molecule has 0 spiro atoms. The molecule has 3 unspecified atom stereocenters. The number of methoxy groups -OCH3 is 1. The minimum atomic E-state index is -0.886. The molecule has 2 aliphatic rings. The Balaban J connectivity index is 1.96. The molecule has 2 heterocycles. The van der Waals surface area contributed by atoms with Crippen molar-refractivity contribution < 1.29 is 28.6 Å². The maximum Gasteiger partial charge on any atom is 0.336 e. The Kier molecular flexibility index (Phi) is 7.33. The molecule has 7 nitrogen and oxygen atoms in total. The van der Waals surface area contributed by atoms with Crippen molar-refractivity contribution in [2.45, 2.75) is 46.1 Å². The number of carbonyl (C=O) groups is 3. The van der Waals surface area contributed by atoms with Gasteiger partial charge in [0, 0.05) is 21.8 Å². The summed E-state index contributed by atoms with van der Waals surface area (Å²) < 4.78 is 15.8. The number of ether oxygens (including phenoxy) is 3. The zero-order valence-electron chi connectivity index (χ0n) is 18.5. The molecule has 0 saturated carbocycles. The van der Waals surface area contributed by atoms with Crippen molar-refractivity contribution in [3.8, 4) is 0 Å². The van der Waals surface area contributed by atoms with Gasteiger partial charge in [-0.15, -0.1) is 11.3 Å². The number of rotatable bonds is 7. The van der Waals surface area contributed by atoms with E-state index in [2.05, 4.69) is 5.32 Å². The summed E-state index contributed by atoms with van der Waals surface area (Å²) in [5.74, 6) is -3.01. The van der Waals surface area contributed by atoms with Crippen molar-refractivity contribution in [3.63, 3.8) is 0 Å². The number of nitrogens with one attached hydrogen (secondary N) is 1. The van der Waals surface area contributed by atoms with Crippen LogP contribution in [0.4, 0.5) is 0 Å². The van der Waals surface area contributed by atoms with Gasteiger partial charge in [-0.3, -0.25) is 9.59 Å². The number of thiophene rings is 1. The minimum Gasteiger partial charge on any atom is -0.468 e. The molecular weight excluding hydrogens is 418 g/mol. The fraction of sp³-hybridized carbons (Fsp3) is 0.522. The highest BCUT2D eigenvalue weighted by atomic mass is 32.1. The van der Waals surface area contributed by atoms with E-state index in [1.807, 2.05) is 45.2 Å². The van der Waals surface area contributed by atoms with E-state index in [-0.39, 0.29) is 24.4 Å². The van der Waals surface area contributed by atoms with E-state index in [0.29, 0.717) is 29.9 Å². The Morgan fingerprint density at radius 2 is 2.03 bits per heavy atom. The van der Waals surface area contributed by atoms with Gasteiger partial charge >= 0.3 is 11.9 Å². The van der Waals surface area contributed by atoms with Gasteiger partial charge in [-0.25, -0.2) is 4.79 Å². The summed E-state index contributed by atoms with van der Waals surface area (Å²) in [5, 5.41) is 5.15. The average Bonchev–Trinajstić information content (AvgIpc) is 3.24. The maximum atomic E-state index is 13.5. The summed E-state index contributed by atoms with van der Waals surface area (Å²) in [6, 6.07) is 3.77. The first-order chi connectivity index (χ1) is 14.8. The van der Waals surface area contributed by atoms with Crippen molar-refractivity contribution in [2.24, 2.45) is 11.8 Å². The SMILES string of the molecule is COC(=O)C1C(=O)C2=C(CC1C)NC(C)=C(C(=O)OCCOC(C)C)C2c1cccs1. The zero-order chi connectivity index (χ0) is 22.7. The lowest BCUT2D eigenvalue weighted by atomic mass is 9.70. The first kappa shape index (κ1) is 23.2. The zero-order valence-corrected chi connectivity index (χ0v) is 19.3. The first-order valence-corrected chi connectivity index (χ1v) is 11.3. The van der Waals surface area contributed by atoms with Crippen LogP contribution in [-0.4, -0.2) is 44.1 Å². The maximum absolute atomic E-state index is 13.5. The predicted molar refractivity (Wildman–Crippen MR) is 116 cm³/mol. The number of Topliss-reactive ketones (excluding diaryl/α,β-unsaturated/α-hetero) is 1. The molecule has 1 aliphatic carbocycles. The average molecular weight is 448 g/mol. The fourth-order valence-corrected chi connectivity index (χ4v) is 5.03. The van der Waals surface area contributed by atoms with Crippen LogP contribution in [0.3, 0.4) is 0 Å². The fourth-order valence-electron chi connectivity index (χ4n) is 4.19. The lowest BCUT2D eigenvalue weighted by molar-refractivity contribution is -0.151. The van der Waals surface area contributed by atoms with E-state index in [9.17, 15) is 14.4 Å². The van der Waals surface area contributed by atoms with E-state index in [1.54, 1.807) is 0 Å². The van der Waals surface area contributed by atoms with Crippen LogP contribution in [0.1, 0.15) is 44.9 Å². The monoisotopic (exact) mass is 447 g/mol. The number of carbonyl (C=O) groups excluding carboxylic acids is 3. The summed E-state index contributed by atoms with van der Waals surface area (Å²) in [6.07, 6.45) is 0.560. The Hall–Kier alpha value is -2.45. The second-order valence-electron chi connectivity index (χ2n) is 8.11. The normalized spacial score (nSPS) is 23.5. The van der Waals surface area contributed by atoms with Gasteiger partial charge < -0.3 is 19.5 Å².